The molecule has 0 aliphatic heterocycles. The number of hydrogen-bond acceptors (Lipinski definition) is 6. The van der Waals surface area contributed by atoms with Gasteiger partial charge in [0, 0.05) is 36.3 Å². The second kappa shape index (κ2) is 8.37. The number of hydrogen-bond donors (Lipinski definition) is 1. The predicted molar refractivity (Wildman–Crippen MR) is 99.4 cm³/mol. The molecular weight excluding hydrogens is 348 g/mol. The van der Waals surface area contributed by atoms with Crippen LogP contribution in [-0.4, -0.2) is 22.0 Å². The summed E-state index contributed by atoms with van der Waals surface area (Å²) in [7, 11) is 1.53. The molecule has 1 heterocycles. The summed E-state index contributed by atoms with van der Waals surface area (Å²) < 4.78 is 10.8. The van der Waals surface area contributed by atoms with Gasteiger partial charge in [0.15, 0.2) is 0 Å². The largest absolute Gasteiger partial charge is 0.508 e. The van der Waals surface area contributed by atoms with Crippen LogP contribution < -0.4 is 4.74 Å². The fourth-order valence-electron chi connectivity index (χ4n) is 2.92. The first-order valence-electron chi connectivity index (χ1n) is 8.39. The molecule has 2 aromatic carbocycles. The predicted octanol–water partition coefficient (Wildman–Crippen LogP) is 4.10. The van der Waals surface area contributed by atoms with Crippen molar-refractivity contribution in [2.45, 2.75) is 19.6 Å². The maximum Gasteiger partial charge on any atom is 0.270 e. The number of methoxy groups -OCH3 is 1. The third-order valence-electron chi connectivity index (χ3n) is 4.21. The zero-order valence-corrected chi connectivity index (χ0v) is 14.9. The highest BCUT2D eigenvalue weighted by Gasteiger charge is 2.17. The van der Waals surface area contributed by atoms with Crippen molar-refractivity contribution in [2.75, 3.05) is 7.11 Å². The average Bonchev–Trinajstić information content (AvgIpc) is 3.16. The van der Waals surface area contributed by atoms with Gasteiger partial charge in [-0.2, -0.15) is 0 Å². The van der Waals surface area contributed by atoms with Gasteiger partial charge in [-0.3, -0.25) is 15.0 Å². The number of benzene rings is 2. The number of nitro groups is 1. The molecule has 1 aromatic heterocycles. The van der Waals surface area contributed by atoms with Gasteiger partial charge in [0.1, 0.15) is 17.3 Å². The maximum absolute atomic E-state index is 11.1. The Hall–Kier alpha value is -3.32. The van der Waals surface area contributed by atoms with E-state index in [4.69, 9.17) is 9.15 Å². The van der Waals surface area contributed by atoms with Gasteiger partial charge in [0.25, 0.3) is 5.69 Å². The third kappa shape index (κ3) is 4.65. The Morgan fingerprint density at radius 3 is 2.52 bits per heavy atom. The third-order valence-corrected chi connectivity index (χ3v) is 4.21. The number of phenolic OH excluding ortho intramolecular Hbond substituents is 1. The summed E-state index contributed by atoms with van der Waals surface area (Å²) in [6.07, 6.45) is 1.60. The van der Waals surface area contributed by atoms with Crippen molar-refractivity contribution < 1.29 is 19.2 Å². The number of aromatic hydroxyl groups is 1. The lowest BCUT2D eigenvalue weighted by Gasteiger charge is -2.23. The lowest BCUT2D eigenvalue weighted by atomic mass is 10.1. The highest BCUT2D eigenvalue weighted by Crippen LogP contribution is 2.27. The molecular formula is C20H20N2O5. The molecule has 27 heavy (non-hydrogen) atoms. The number of furan rings is 1. The van der Waals surface area contributed by atoms with Crippen LogP contribution in [0.5, 0.6) is 11.5 Å². The number of para-hydroxylation sites is 1. The van der Waals surface area contributed by atoms with E-state index in [-0.39, 0.29) is 11.4 Å². The molecule has 0 bridgehead atoms. The number of ether oxygens (including phenoxy) is 1. The monoisotopic (exact) mass is 368 g/mol. The Labute approximate surface area is 156 Å². The zero-order valence-electron chi connectivity index (χ0n) is 14.9. The lowest BCUT2D eigenvalue weighted by Crippen LogP contribution is -2.22. The summed E-state index contributed by atoms with van der Waals surface area (Å²) >= 11 is 0. The Morgan fingerprint density at radius 2 is 1.85 bits per heavy atom. The second-order valence-corrected chi connectivity index (χ2v) is 6.11. The van der Waals surface area contributed by atoms with Gasteiger partial charge in [-0.1, -0.05) is 18.2 Å². The quantitative estimate of drug-likeness (QED) is 0.475. The first-order chi connectivity index (χ1) is 13.1. The van der Waals surface area contributed by atoms with E-state index >= 15 is 0 Å². The number of nitrogens with zero attached hydrogens (tertiary/aromatic N) is 2. The molecule has 0 atom stereocenters. The zero-order chi connectivity index (χ0) is 19.2. The number of rotatable bonds is 8. The molecule has 0 radical (unpaired) electrons. The van der Waals surface area contributed by atoms with E-state index in [2.05, 4.69) is 0 Å². The fraction of sp³-hybridized carbons (Fsp3) is 0.200. The van der Waals surface area contributed by atoms with Crippen LogP contribution in [0.25, 0.3) is 0 Å². The average molecular weight is 368 g/mol. The van der Waals surface area contributed by atoms with Crippen LogP contribution in [0.4, 0.5) is 5.69 Å². The molecule has 0 amide bonds. The van der Waals surface area contributed by atoms with Crippen molar-refractivity contribution >= 4 is 5.69 Å². The summed E-state index contributed by atoms with van der Waals surface area (Å²) in [5.74, 6) is 1.53. The normalized spacial score (nSPS) is 10.9. The summed E-state index contributed by atoms with van der Waals surface area (Å²) in [5.41, 5.74) is 1.45. The lowest BCUT2D eigenvalue weighted by molar-refractivity contribution is -0.385. The van der Waals surface area contributed by atoms with Gasteiger partial charge in [-0.05, 0) is 24.3 Å². The van der Waals surface area contributed by atoms with Gasteiger partial charge in [0.05, 0.1) is 24.8 Å². The first-order valence-corrected chi connectivity index (χ1v) is 8.39. The van der Waals surface area contributed by atoms with E-state index in [0.717, 1.165) is 11.3 Å². The Bertz CT molecular complexity index is 908. The van der Waals surface area contributed by atoms with Crippen LogP contribution in [-0.2, 0) is 19.6 Å². The van der Waals surface area contributed by atoms with E-state index in [0.29, 0.717) is 30.9 Å². The molecule has 140 valence electrons. The van der Waals surface area contributed by atoms with Crippen LogP contribution in [0.1, 0.15) is 16.9 Å². The summed E-state index contributed by atoms with van der Waals surface area (Å²) in [6.45, 7) is 1.31. The van der Waals surface area contributed by atoms with Gasteiger partial charge < -0.3 is 14.3 Å². The minimum atomic E-state index is -0.428. The van der Waals surface area contributed by atoms with E-state index in [1.165, 1.54) is 19.2 Å². The topological polar surface area (TPSA) is 89.0 Å². The second-order valence-electron chi connectivity index (χ2n) is 6.11. The van der Waals surface area contributed by atoms with Crippen molar-refractivity contribution in [3.63, 3.8) is 0 Å². The molecule has 7 nitrogen and oxygen atoms in total. The van der Waals surface area contributed by atoms with Crippen LogP contribution in [0.3, 0.4) is 0 Å². The van der Waals surface area contributed by atoms with Crippen molar-refractivity contribution in [1.29, 1.82) is 0 Å². The molecule has 0 saturated carbocycles. The van der Waals surface area contributed by atoms with E-state index in [1.807, 2.05) is 23.1 Å². The Morgan fingerprint density at radius 1 is 1.07 bits per heavy atom. The van der Waals surface area contributed by atoms with Crippen molar-refractivity contribution in [3.05, 3.63) is 87.9 Å². The molecule has 0 spiro atoms. The van der Waals surface area contributed by atoms with Gasteiger partial charge in [-0.25, -0.2) is 0 Å². The van der Waals surface area contributed by atoms with Crippen LogP contribution in [0.2, 0.25) is 0 Å². The van der Waals surface area contributed by atoms with Crippen molar-refractivity contribution in [2.24, 2.45) is 0 Å². The minimum Gasteiger partial charge on any atom is -0.508 e. The van der Waals surface area contributed by atoms with Crippen LogP contribution in [0.15, 0.2) is 65.3 Å². The van der Waals surface area contributed by atoms with Crippen molar-refractivity contribution in [3.8, 4) is 11.5 Å². The van der Waals surface area contributed by atoms with Crippen molar-refractivity contribution in [1.82, 2.24) is 4.90 Å². The maximum atomic E-state index is 11.1. The number of phenols is 1. The molecule has 0 saturated heterocycles. The molecule has 7 heteroatoms. The van der Waals surface area contributed by atoms with Crippen LogP contribution in [0, 0.1) is 10.1 Å². The Balaban J connectivity index is 1.90. The number of nitro benzene ring substituents is 1. The molecule has 3 rings (SSSR count). The summed E-state index contributed by atoms with van der Waals surface area (Å²) in [4.78, 5) is 12.7. The van der Waals surface area contributed by atoms with Gasteiger partial charge in [0.2, 0.25) is 0 Å². The SMILES string of the molecule is COc1ccc([N+](=O)[O-])cc1CN(Cc1ccco1)Cc1ccccc1O. The van der Waals surface area contributed by atoms with Gasteiger partial charge in [-0.15, -0.1) is 0 Å². The highest BCUT2D eigenvalue weighted by atomic mass is 16.6. The summed E-state index contributed by atoms with van der Waals surface area (Å²) in [6, 6.07) is 15.3. The van der Waals surface area contributed by atoms with E-state index in [1.54, 1.807) is 30.5 Å². The Kier molecular flexibility index (Phi) is 5.73. The molecule has 0 aliphatic rings. The molecule has 0 unspecified atom stereocenters. The summed E-state index contributed by atoms with van der Waals surface area (Å²) in [5, 5.41) is 21.2. The fourth-order valence-corrected chi connectivity index (χ4v) is 2.92. The van der Waals surface area contributed by atoms with Gasteiger partial charge >= 0.3 is 0 Å². The smallest absolute Gasteiger partial charge is 0.270 e. The van der Waals surface area contributed by atoms with Crippen LogP contribution >= 0.6 is 0 Å². The molecule has 3 aromatic rings. The minimum absolute atomic E-state index is 0.00584. The molecule has 0 fully saturated rings. The van der Waals surface area contributed by atoms with E-state index < -0.39 is 4.92 Å². The van der Waals surface area contributed by atoms with E-state index in [9.17, 15) is 15.2 Å². The highest BCUT2D eigenvalue weighted by molar-refractivity contribution is 5.44. The molecule has 1 N–H and O–H groups in total. The standard InChI is InChI=1S/C20H20N2O5/c1-26-20-9-8-17(22(24)25)11-16(20)13-21(14-18-6-4-10-27-18)12-15-5-2-3-7-19(15)23/h2-11,23H,12-14H2,1H3. The number of non-ortho nitro benzene ring substituents is 1. The first kappa shape index (κ1) is 18.5. The molecule has 0 aliphatic carbocycles.